The fourth-order valence-corrected chi connectivity index (χ4v) is 2.11. The molecule has 0 N–H and O–H groups in total. The highest BCUT2D eigenvalue weighted by Crippen LogP contribution is 2.04. The van der Waals surface area contributed by atoms with Crippen LogP contribution in [0, 0.1) is 0 Å². The molecule has 0 rings (SSSR count). The van der Waals surface area contributed by atoms with Crippen molar-refractivity contribution in [2.45, 2.75) is 84.5 Å². The van der Waals surface area contributed by atoms with E-state index < -0.39 is 0 Å². The summed E-state index contributed by atoms with van der Waals surface area (Å²) in [5.74, 6) is -0.0542. The second kappa shape index (κ2) is 18.7. The van der Waals surface area contributed by atoms with Crippen molar-refractivity contribution in [3.05, 3.63) is 36.5 Å². The number of rotatable bonds is 15. The van der Waals surface area contributed by atoms with E-state index in [9.17, 15) is 4.79 Å². The molecule has 0 spiro atoms. The van der Waals surface area contributed by atoms with Gasteiger partial charge in [0, 0.05) is 6.42 Å². The minimum absolute atomic E-state index is 0.0542. The molecule has 0 aliphatic carbocycles. The summed E-state index contributed by atoms with van der Waals surface area (Å²) >= 11 is 0. The van der Waals surface area contributed by atoms with E-state index in [2.05, 4.69) is 43.4 Å². The molecule has 0 aromatic rings. The molecular weight excluding hydrogens is 284 g/mol. The third-order valence-electron chi connectivity index (χ3n) is 3.49. The van der Waals surface area contributed by atoms with Gasteiger partial charge in [0.05, 0.1) is 6.61 Å². The summed E-state index contributed by atoms with van der Waals surface area (Å²) in [6.07, 6.45) is 25.1. The van der Waals surface area contributed by atoms with Gasteiger partial charge < -0.3 is 4.74 Å². The topological polar surface area (TPSA) is 26.3 Å². The van der Waals surface area contributed by atoms with Gasteiger partial charge in [0.15, 0.2) is 0 Å². The van der Waals surface area contributed by atoms with Crippen LogP contribution in [0.3, 0.4) is 0 Å². The lowest BCUT2D eigenvalue weighted by atomic mass is 10.1. The van der Waals surface area contributed by atoms with Crippen molar-refractivity contribution in [3.63, 3.8) is 0 Å². The molecule has 0 atom stereocenters. The number of allylic oxidation sites excluding steroid dienone is 6. The van der Waals surface area contributed by atoms with Crippen LogP contribution >= 0.6 is 0 Å². The molecule has 0 saturated carbocycles. The first-order valence-electron chi connectivity index (χ1n) is 9.41. The van der Waals surface area contributed by atoms with E-state index in [-0.39, 0.29) is 5.97 Å². The van der Waals surface area contributed by atoms with Gasteiger partial charge >= 0.3 is 5.97 Å². The molecule has 0 aromatic heterocycles. The number of hydrogen-bond donors (Lipinski definition) is 0. The maximum atomic E-state index is 11.3. The summed E-state index contributed by atoms with van der Waals surface area (Å²) in [5, 5.41) is 0. The van der Waals surface area contributed by atoms with Crippen LogP contribution < -0.4 is 0 Å². The van der Waals surface area contributed by atoms with Crippen molar-refractivity contribution in [2.75, 3.05) is 6.61 Å². The lowest BCUT2D eigenvalue weighted by Gasteiger charge is -2.01. The maximum absolute atomic E-state index is 11.3. The highest BCUT2D eigenvalue weighted by Gasteiger charge is 2.00. The Morgan fingerprint density at radius 1 is 0.739 bits per heavy atom. The van der Waals surface area contributed by atoms with Gasteiger partial charge in [0.2, 0.25) is 0 Å². The molecule has 0 amide bonds. The molecule has 2 heteroatoms. The largest absolute Gasteiger partial charge is 0.466 e. The normalized spacial score (nSPS) is 11.9. The van der Waals surface area contributed by atoms with Crippen molar-refractivity contribution >= 4 is 5.97 Å². The van der Waals surface area contributed by atoms with Crippen molar-refractivity contribution in [1.82, 2.24) is 0 Å². The number of carbonyl (C=O) groups is 1. The molecule has 0 aliphatic rings. The van der Waals surface area contributed by atoms with Crippen LogP contribution in [0.25, 0.3) is 0 Å². The Morgan fingerprint density at radius 3 is 1.87 bits per heavy atom. The predicted molar refractivity (Wildman–Crippen MR) is 101 cm³/mol. The summed E-state index contributed by atoms with van der Waals surface area (Å²) in [4.78, 5) is 11.3. The third-order valence-corrected chi connectivity index (χ3v) is 3.49. The smallest absolute Gasteiger partial charge is 0.305 e. The molecule has 2 nitrogen and oxygen atoms in total. The zero-order valence-corrected chi connectivity index (χ0v) is 15.3. The molecule has 0 aromatic carbocycles. The van der Waals surface area contributed by atoms with E-state index in [1.807, 2.05) is 6.92 Å². The van der Waals surface area contributed by atoms with E-state index in [0.29, 0.717) is 13.0 Å². The highest BCUT2D eigenvalue weighted by molar-refractivity contribution is 5.69. The van der Waals surface area contributed by atoms with E-state index in [1.54, 1.807) is 0 Å². The molecule has 0 fully saturated rings. The van der Waals surface area contributed by atoms with Crippen LogP contribution in [0.1, 0.15) is 84.5 Å². The molecule has 0 unspecified atom stereocenters. The number of carbonyl (C=O) groups excluding carboxylic acids is 1. The fourth-order valence-electron chi connectivity index (χ4n) is 2.11. The number of hydrogen-bond acceptors (Lipinski definition) is 2. The molecule has 0 aliphatic heterocycles. The minimum Gasteiger partial charge on any atom is -0.466 e. The zero-order chi connectivity index (χ0) is 17.0. The van der Waals surface area contributed by atoms with Crippen molar-refractivity contribution in [1.29, 1.82) is 0 Å². The second-order valence-corrected chi connectivity index (χ2v) is 5.85. The summed E-state index contributed by atoms with van der Waals surface area (Å²) in [6, 6.07) is 0. The van der Waals surface area contributed by atoms with E-state index in [1.165, 1.54) is 25.7 Å². The Labute approximate surface area is 143 Å². The molecular formula is C21H36O2. The van der Waals surface area contributed by atoms with Crippen molar-refractivity contribution < 1.29 is 9.53 Å². The lowest BCUT2D eigenvalue weighted by Crippen LogP contribution is -2.04. The minimum atomic E-state index is -0.0542. The molecule has 0 saturated heterocycles. The third kappa shape index (κ3) is 18.6. The first-order chi connectivity index (χ1) is 11.3. The summed E-state index contributed by atoms with van der Waals surface area (Å²) in [7, 11) is 0. The molecule has 132 valence electrons. The van der Waals surface area contributed by atoms with Gasteiger partial charge in [0.25, 0.3) is 0 Å². The standard InChI is InChI=1S/C21H36O2/c1-3-5-6-7-8-9-10-11-12-13-14-15-16-17-18-19-21(22)23-20-4-2/h8-9,11-12,14-15H,3-7,10,13,16-20H2,1-2H3/b9-8+,12-11-,15-14-. The summed E-state index contributed by atoms with van der Waals surface area (Å²) in [6.45, 7) is 4.80. The Balaban J connectivity index is 3.36. The van der Waals surface area contributed by atoms with Gasteiger partial charge in [-0.25, -0.2) is 0 Å². The van der Waals surface area contributed by atoms with Crippen LogP contribution in [0.4, 0.5) is 0 Å². The lowest BCUT2D eigenvalue weighted by molar-refractivity contribution is -0.143. The van der Waals surface area contributed by atoms with Gasteiger partial charge in [-0.2, -0.15) is 0 Å². The van der Waals surface area contributed by atoms with E-state index >= 15 is 0 Å². The van der Waals surface area contributed by atoms with Crippen molar-refractivity contribution in [3.8, 4) is 0 Å². The SMILES string of the molecule is CCCCC/C=C/C/C=C\C/C=C\CCCCC(=O)OCCC. The first-order valence-corrected chi connectivity index (χ1v) is 9.41. The second-order valence-electron chi connectivity index (χ2n) is 5.85. The Bertz CT molecular complexity index is 340. The Kier molecular flexibility index (Phi) is 17.7. The fraction of sp³-hybridized carbons (Fsp3) is 0.667. The summed E-state index contributed by atoms with van der Waals surface area (Å²) in [5.41, 5.74) is 0. The van der Waals surface area contributed by atoms with Crippen LogP contribution in [0.2, 0.25) is 0 Å². The average molecular weight is 321 g/mol. The molecule has 0 radical (unpaired) electrons. The van der Waals surface area contributed by atoms with Crippen LogP contribution in [-0.2, 0) is 9.53 Å². The van der Waals surface area contributed by atoms with Crippen LogP contribution in [0.5, 0.6) is 0 Å². The van der Waals surface area contributed by atoms with Crippen molar-refractivity contribution in [2.24, 2.45) is 0 Å². The van der Waals surface area contributed by atoms with Crippen LogP contribution in [-0.4, -0.2) is 12.6 Å². The van der Waals surface area contributed by atoms with Gasteiger partial charge in [0.1, 0.15) is 0 Å². The zero-order valence-electron chi connectivity index (χ0n) is 15.3. The number of ether oxygens (including phenoxy) is 1. The molecule has 23 heavy (non-hydrogen) atoms. The Hall–Kier alpha value is -1.31. The van der Waals surface area contributed by atoms with Gasteiger partial charge in [-0.1, -0.05) is 63.1 Å². The Morgan fingerprint density at radius 2 is 1.30 bits per heavy atom. The average Bonchev–Trinajstić information content (AvgIpc) is 2.56. The predicted octanol–water partition coefficient (Wildman–Crippen LogP) is 6.53. The summed E-state index contributed by atoms with van der Waals surface area (Å²) < 4.78 is 5.04. The van der Waals surface area contributed by atoms with Gasteiger partial charge in [-0.3, -0.25) is 4.79 Å². The quantitative estimate of drug-likeness (QED) is 0.195. The molecule has 0 heterocycles. The first kappa shape index (κ1) is 21.7. The highest BCUT2D eigenvalue weighted by atomic mass is 16.5. The van der Waals surface area contributed by atoms with Crippen LogP contribution in [0.15, 0.2) is 36.5 Å². The maximum Gasteiger partial charge on any atom is 0.305 e. The van der Waals surface area contributed by atoms with E-state index in [0.717, 1.165) is 38.5 Å². The van der Waals surface area contributed by atoms with Gasteiger partial charge in [-0.05, 0) is 51.4 Å². The van der Waals surface area contributed by atoms with Gasteiger partial charge in [-0.15, -0.1) is 0 Å². The number of unbranched alkanes of at least 4 members (excludes halogenated alkanes) is 5. The molecule has 0 bridgehead atoms. The number of esters is 1. The monoisotopic (exact) mass is 320 g/mol. The van der Waals surface area contributed by atoms with E-state index in [4.69, 9.17) is 4.74 Å².